The van der Waals surface area contributed by atoms with Gasteiger partial charge in [-0.15, -0.1) is 0 Å². The number of anilines is 1. The molecule has 1 aromatic rings. The molecular formula is C13H22N2O3S. The van der Waals surface area contributed by atoms with Crippen molar-refractivity contribution in [3.05, 3.63) is 24.3 Å². The lowest BCUT2D eigenvalue weighted by Crippen LogP contribution is -2.24. The number of benzene rings is 1. The first-order valence-electron chi connectivity index (χ1n) is 6.42. The maximum absolute atomic E-state index is 11.9. The minimum Gasteiger partial charge on any atom is -0.385 e. The van der Waals surface area contributed by atoms with Gasteiger partial charge in [0.25, 0.3) is 0 Å². The number of hydrogen-bond donors (Lipinski definition) is 2. The van der Waals surface area contributed by atoms with Gasteiger partial charge < -0.3 is 10.1 Å². The number of ether oxygens (including phenoxy) is 1. The van der Waals surface area contributed by atoms with Crippen molar-refractivity contribution in [2.45, 2.75) is 24.7 Å². The van der Waals surface area contributed by atoms with E-state index in [-0.39, 0.29) is 0 Å². The molecule has 0 bridgehead atoms. The first kappa shape index (κ1) is 15.9. The molecule has 0 amide bonds. The highest BCUT2D eigenvalue weighted by molar-refractivity contribution is 7.89. The topological polar surface area (TPSA) is 67.4 Å². The van der Waals surface area contributed by atoms with Crippen LogP contribution in [0.25, 0.3) is 0 Å². The molecule has 5 nitrogen and oxygen atoms in total. The summed E-state index contributed by atoms with van der Waals surface area (Å²) in [6.45, 7) is 3.89. The zero-order chi connectivity index (χ0) is 14.1. The van der Waals surface area contributed by atoms with E-state index in [0.29, 0.717) is 18.0 Å². The van der Waals surface area contributed by atoms with Gasteiger partial charge in [-0.1, -0.05) is 6.92 Å². The fourth-order valence-electron chi connectivity index (χ4n) is 1.52. The Bertz CT molecular complexity index is 457. The van der Waals surface area contributed by atoms with Gasteiger partial charge in [0.05, 0.1) is 4.90 Å². The van der Waals surface area contributed by atoms with Crippen LogP contribution in [-0.2, 0) is 14.8 Å². The van der Waals surface area contributed by atoms with E-state index in [1.807, 2.05) is 6.92 Å². The van der Waals surface area contributed by atoms with Gasteiger partial charge in [0.15, 0.2) is 0 Å². The van der Waals surface area contributed by atoms with Crippen LogP contribution in [0.3, 0.4) is 0 Å². The molecule has 19 heavy (non-hydrogen) atoms. The van der Waals surface area contributed by atoms with Crippen LogP contribution in [-0.4, -0.2) is 35.2 Å². The van der Waals surface area contributed by atoms with Crippen molar-refractivity contribution in [3.8, 4) is 0 Å². The Morgan fingerprint density at radius 1 is 1.16 bits per heavy atom. The van der Waals surface area contributed by atoms with Gasteiger partial charge in [-0.2, -0.15) is 0 Å². The average Bonchev–Trinajstić information content (AvgIpc) is 2.42. The number of hydrogen-bond acceptors (Lipinski definition) is 4. The van der Waals surface area contributed by atoms with Crippen LogP contribution in [0.15, 0.2) is 29.2 Å². The molecule has 6 heteroatoms. The summed E-state index contributed by atoms with van der Waals surface area (Å²) in [4.78, 5) is 0.295. The van der Waals surface area contributed by atoms with E-state index in [9.17, 15) is 8.42 Å². The Labute approximate surface area is 115 Å². The minimum atomic E-state index is -3.37. The van der Waals surface area contributed by atoms with Gasteiger partial charge in [0.1, 0.15) is 0 Å². The summed E-state index contributed by atoms with van der Waals surface area (Å²) >= 11 is 0. The van der Waals surface area contributed by atoms with Gasteiger partial charge >= 0.3 is 0 Å². The lowest BCUT2D eigenvalue weighted by molar-refractivity contribution is 0.198. The third-order valence-electron chi connectivity index (χ3n) is 2.56. The second-order valence-corrected chi connectivity index (χ2v) is 5.96. The lowest BCUT2D eigenvalue weighted by atomic mass is 10.3. The molecule has 0 aliphatic rings. The normalized spacial score (nSPS) is 11.5. The van der Waals surface area contributed by atoms with Crippen LogP contribution in [0, 0.1) is 0 Å². The third kappa shape index (κ3) is 5.59. The predicted octanol–water partition coefficient (Wildman–Crippen LogP) is 1.82. The standard InChI is InChI=1S/C13H22N2O3S/c1-3-9-15-19(16,17)13-7-5-12(6-8-13)14-10-4-11-18-2/h5-8,14-15H,3-4,9-11H2,1-2H3. The van der Waals surface area contributed by atoms with Crippen LogP contribution in [0.4, 0.5) is 5.69 Å². The van der Waals surface area contributed by atoms with Gasteiger partial charge in [-0.05, 0) is 37.1 Å². The molecule has 1 aromatic carbocycles. The van der Waals surface area contributed by atoms with E-state index in [2.05, 4.69) is 10.0 Å². The van der Waals surface area contributed by atoms with E-state index >= 15 is 0 Å². The molecule has 0 aliphatic heterocycles. The molecule has 0 fully saturated rings. The monoisotopic (exact) mass is 286 g/mol. The molecule has 0 aromatic heterocycles. The average molecular weight is 286 g/mol. The second-order valence-electron chi connectivity index (χ2n) is 4.20. The van der Waals surface area contributed by atoms with Crippen molar-refractivity contribution < 1.29 is 13.2 Å². The van der Waals surface area contributed by atoms with Crippen molar-refractivity contribution in [1.82, 2.24) is 4.72 Å². The molecule has 0 heterocycles. The Kier molecular flexibility index (Phi) is 6.83. The summed E-state index contributed by atoms with van der Waals surface area (Å²) in [5.74, 6) is 0. The molecule has 2 N–H and O–H groups in total. The fourth-order valence-corrected chi connectivity index (χ4v) is 2.65. The summed E-state index contributed by atoms with van der Waals surface area (Å²) < 4.78 is 31.2. The zero-order valence-electron chi connectivity index (χ0n) is 11.5. The minimum absolute atomic E-state index is 0.295. The fraction of sp³-hybridized carbons (Fsp3) is 0.538. The number of rotatable bonds is 9. The molecular weight excluding hydrogens is 264 g/mol. The Morgan fingerprint density at radius 2 is 1.84 bits per heavy atom. The predicted molar refractivity (Wildman–Crippen MR) is 76.9 cm³/mol. The highest BCUT2D eigenvalue weighted by Crippen LogP contribution is 2.13. The van der Waals surface area contributed by atoms with E-state index < -0.39 is 10.0 Å². The first-order valence-corrected chi connectivity index (χ1v) is 7.91. The highest BCUT2D eigenvalue weighted by Gasteiger charge is 2.12. The zero-order valence-corrected chi connectivity index (χ0v) is 12.3. The highest BCUT2D eigenvalue weighted by atomic mass is 32.2. The third-order valence-corrected chi connectivity index (χ3v) is 4.04. The molecule has 0 saturated heterocycles. The first-order chi connectivity index (χ1) is 9.10. The number of sulfonamides is 1. The molecule has 0 saturated carbocycles. The maximum Gasteiger partial charge on any atom is 0.240 e. The summed E-state index contributed by atoms with van der Waals surface area (Å²) in [5.41, 5.74) is 0.908. The molecule has 0 unspecified atom stereocenters. The van der Waals surface area contributed by atoms with Crippen molar-refractivity contribution in [1.29, 1.82) is 0 Å². The SMILES string of the molecule is CCCNS(=O)(=O)c1ccc(NCCCOC)cc1. The molecule has 0 spiro atoms. The molecule has 0 aliphatic carbocycles. The van der Waals surface area contributed by atoms with Crippen molar-refractivity contribution in [3.63, 3.8) is 0 Å². The van der Waals surface area contributed by atoms with E-state index in [1.54, 1.807) is 31.4 Å². The Balaban J connectivity index is 2.56. The van der Waals surface area contributed by atoms with Crippen LogP contribution in [0.1, 0.15) is 19.8 Å². The van der Waals surface area contributed by atoms with Gasteiger partial charge in [0.2, 0.25) is 10.0 Å². The van der Waals surface area contributed by atoms with Gasteiger partial charge in [-0.3, -0.25) is 0 Å². The smallest absolute Gasteiger partial charge is 0.240 e. The summed E-state index contributed by atoms with van der Waals surface area (Å²) in [7, 11) is -1.70. The van der Waals surface area contributed by atoms with Crippen LogP contribution in [0.2, 0.25) is 0 Å². The van der Waals surface area contributed by atoms with Crippen LogP contribution in [0.5, 0.6) is 0 Å². The summed E-state index contributed by atoms with van der Waals surface area (Å²) in [6, 6.07) is 6.76. The van der Waals surface area contributed by atoms with E-state index in [0.717, 1.165) is 25.1 Å². The van der Waals surface area contributed by atoms with E-state index in [1.165, 1.54) is 0 Å². The quantitative estimate of drug-likeness (QED) is 0.680. The second kappa shape index (κ2) is 8.14. The molecule has 1 rings (SSSR count). The number of nitrogens with one attached hydrogen (secondary N) is 2. The lowest BCUT2D eigenvalue weighted by Gasteiger charge is -2.08. The van der Waals surface area contributed by atoms with Gasteiger partial charge in [0, 0.05) is 32.5 Å². The Hall–Kier alpha value is -1.11. The van der Waals surface area contributed by atoms with Crippen molar-refractivity contribution >= 4 is 15.7 Å². The van der Waals surface area contributed by atoms with Crippen LogP contribution < -0.4 is 10.0 Å². The van der Waals surface area contributed by atoms with Crippen molar-refractivity contribution in [2.24, 2.45) is 0 Å². The molecule has 0 radical (unpaired) electrons. The summed E-state index contributed by atoms with van der Waals surface area (Å²) in [6.07, 6.45) is 1.69. The molecule has 0 atom stereocenters. The maximum atomic E-state index is 11.9. The van der Waals surface area contributed by atoms with Crippen LogP contribution >= 0.6 is 0 Å². The van der Waals surface area contributed by atoms with Gasteiger partial charge in [-0.25, -0.2) is 13.1 Å². The summed E-state index contributed by atoms with van der Waals surface area (Å²) in [5, 5.41) is 3.21. The van der Waals surface area contributed by atoms with E-state index in [4.69, 9.17) is 4.74 Å². The molecule has 108 valence electrons. The Morgan fingerprint density at radius 3 is 2.42 bits per heavy atom. The number of methoxy groups -OCH3 is 1. The van der Waals surface area contributed by atoms with Crippen molar-refractivity contribution in [2.75, 3.05) is 32.1 Å². The largest absolute Gasteiger partial charge is 0.385 e.